The molecule has 13 heteroatoms. The highest BCUT2D eigenvalue weighted by molar-refractivity contribution is 8.01. The Morgan fingerprint density at radius 1 is 1.07 bits per heavy atom. The zero-order valence-corrected chi connectivity index (χ0v) is 25.9. The Morgan fingerprint density at radius 2 is 1.71 bits per heavy atom. The molecule has 2 amide bonds. The lowest BCUT2D eigenvalue weighted by Gasteiger charge is -2.37. The SMILES string of the molecule is CCCCOC(=O)[C@](OCC(=O)OC(C)(C)C)(Sc1ccccc1[N+](=O)[O-])[C@H](NC(=O)[C@@H](C)CC(C)C)C(=O)NC. The Kier molecular flexibility index (Phi) is 14.2. The fraction of sp³-hybridized carbons (Fsp3) is 0.643. The number of nitrogens with zero attached hydrogens (tertiary/aromatic N) is 1. The van der Waals surface area contributed by atoms with Gasteiger partial charge >= 0.3 is 11.9 Å². The molecule has 0 radical (unpaired) electrons. The Balaban J connectivity index is 3.82. The highest BCUT2D eigenvalue weighted by atomic mass is 32.2. The van der Waals surface area contributed by atoms with E-state index in [4.69, 9.17) is 14.2 Å². The van der Waals surface area contributed by atoms with Crippen LogP contribution in [0.5, 0.6) is 0 Å². The maximum Gasteiger partial charge on any atom is 0.352 e. The summed E-state index contributed by atoms with van der Waals surface area (Å²) in [5, 5.41) is 16.9. The van der Waals surface area contributed by atoms with Crippen LogP contribution in [0.3, 0.4) is 0 Å². The summed E-state index contributed by atoms with van der Waals surface area (Å²) >= 11 is 0.515. The first-order chi connectivity index (χ1) is 19.1. The number of carbonyl (C=O) groups excluding carboxylic acids is 4. The van der Waals surface area contributed by atoms with Crippen molar-refractivity contribution in [3.05, 3.63) is 34.4 Å². The minimum Gasteiger partial charge on any atom is -0.463 e. The number of hydrogen-bond donors (Lipinski definition) is 2. The molecule has 12 nitrogen and oxygen atoms in total. The first kappa shape index (κ1) is 35.8. The predicted octanol–water partition coefficient (Wildman–Crippen LogP) is 4.00. The Bertz CT molecular complexity index is 1070. The molecule has 3 atom stereocenters. The van der Waals surface area contributed by atoms with E-state index < -0.39 is 57.8 Å². The van der Waals surface area contributed by atoms with Gasteiger partial charge in [0.05, 0.1) is 16.4 Å². The van der Waals surface area contributed by atoms with Crippen molar-refractivity contribution in [1.82, 2.24) is 10.6 Å². The Labute approximate surface area is 245 Å². The third-order valence-corrected chi connectivity index (χ3v) is 7.00. The molecule has 0 saturated heterocycles. The van der Waals surface area contributed by atoms with Gasteiger partial charge in [0.1, 0.15) is 12.2 Å². The monoisotopic (exact) mass is 597 g/mol. The summed E-state index contributed by atoms with van der Waals surface area (Å²) in [7, 11) is 1.30. The molecule has 1 rings (SSSR count). The highest BCUT2D eigenvalue weighted by Gasteiger charge is 2.55. The van der Waals surface area contributed by atoms with Gasteiger partial charge in [-0.2, -0.15) is 0 Å². The summed E-state index contributed by atoms with van der Waals surface area (Å²) in [5.41, 5.74) is -1.27. The van der Waals surface area contributed by atoms with E-state index in [2.05, 4.69) is 10.6 Å². The lowest BCUT2D eigenvalue weighted by Crippen LogP contribution is -2.64. The van der Waals surface area contributed by atoms with Crippen LogP contribution in [0.25, 0.3) is 0 Å². The van der Waals surface area contributed by atoms with Gasteiger partial charge in [-0.1, -0.05) is 58.0 Å². The van der Waals surface area contributed by atoms with Crippen LogP contribution in [-0.4, -0.2) is 65.5 Å². The van der Waals surface area contributed by atoms with Gasteiger partial charge in [0.15, 0.2) is 6.04 Å². The van der Waals surface area contributed by atoms with E-state index in [1.54, 1.807) is 27.7 Å². The van der Waals surface area contributed by atoms with Crippen LogP contribution in [0.15, 0.2) is 29.2 Å². The summed E-state index contributed by atoms with van der Waals surface area (Å²) in [6.45, 7) is 11.5. The number of likely N-dealkylation sites (N-methyl/N-ethyl adjacent to an activating group) is 1. The molecule has 41 heavy (non-hydrogen) atoms. The van der Waals surface area contributed by atoms with Gasteiger partial charge in [-0.05, 0) is 45.6 Å². The number of unbranched alkanes of at least 4 members (excludes halogenated alkanes) is 1. The Morgan fingerprint density at radius 3 is 2.24 bits per heavy atom. The first-order valence-corrected chi connectivity index (χ1v) is 14.4. The van der Waals surface area contributed by atoms with Crippen molar-refractivity contribution in [2.75, 3.05) is 20.3 Å². The third kappa shape index (κ3) is 11.3. The number of carbonyl (C=O) groups is 4. The minimum atomic E-state index is -2.45. The van der Waals surface area contributed by atoms with Crippen LogP contribution in [0.4, 0.5) is 5.69 Å². The van der Waals surface area contributed by atoms with Gasteiger partial charge in [-0.25, -0.2) is 9.59 Å². The van der Waals surface area contributed by atoms with Gasteiger partial charge in [-0.3, -0.25) is 19.7 Å². The number of para-hydroxylation sites is 1. The predicted molar refractivity (Wildman–Crippen MR) is 154 cm³/mol. The molecule has 0 aromatic heterocycles. The Hall–Kier alpha value is -3.19. The largest absolute Gasteiger partial charge is 0.463 e. The number of hydrogen-bond acceptors (Lipinski definition) is 10. The summed E-state index contributed by atoms with van der Waals surface area (Å²) in [5.74, 6) is -3.75. The van der Waals surface area contributed by atoms with Gasteiger partial charge in [0, 0.05) is 19.0 Å². The third-order valence-electron chi connectivity index (χ3n) is 5.61. The summed E-state index contributed by atoms with van der Waals surface area (Å²) in [6.07, 6.45) is 1.64. The van der Waals surface area contributed by atoms with E-state index in [0.717, 1.165) is 0 Å². The minimum absolute atomic E-state index is 0.0486. The molecule has 0 spiro atoms. The van der Waals surface area contributed by atoms with E-state index in [0.29, 0.717) is 31.0 Å². The van der Waals surface area contributed by atoms with Crippen LogP contribution in [0, 0.1) is 22.0 Å². The number of benzene rings is 1. The fourth-order valence-corrected chi connectivity index (χ4v) is 5.04. The standard InChI is InChI=1S/C28H43N3O9S/c1-9-10-15-38-26(35)28(39-17-22(32)40-27(5,6)7,41-21-14-12-11-13-20(21)31(36)37)23(25(34)29-8)30-24(33)19(4)16-18(2)3/h11-14,18-19,23H,9-10,15-17H2,1-8H3,(H,29,34)(H,30,33)/t19-,23+,28+/m0/s1. The van der Waals surface area contributed by atoms with Crippen LogP contribution in [0.2, 0.25) is 0 Å². The maximum absolute atomic E-state index is 13.9. The number of esters is 2. The van der Waals surface area contributed by atoms with Crippen molar-refractivity contribution < 1.29 is 38.3 Å². The molecule has 2 N–H and O–H groups in total. The summed E-state index contributed by atoms with van der Waals surface area (Å²) < 4.78 is 16.8. The van der Waals surface area contributed by atoms with Gasteiger partial charge in [-0.15, -0.1) is 0 Å². The number of nitro benzene ring substituents is 1. The van der Waals surface area contributed by atoms with Crippen molar-refractivity contribution in [1.29, 1.82) is 0 Å². The second-order valence-electron chi connectivity index (χ2n) is 10.9. The van der Waals surface area contributed by atoms with Crippen LogP contribution < -0.4 is 10.6 Å². The molecule has 0 bridgehead atoms. The topological polar surface area (TPSA) is 163 Å². The number of rotatable bonds is 16. The van der Waals surface area contributed by atoms with Gasteiger partial charge < -0.3 is 24.8 Å². The van der Waals surface area contributed by atoms with Crippen molar-refractivity contribution >= 4 is 41.2 Å². The van der Waals surface area contributed by atoms with E-state index >= 15 is 0 Å². The van der Waals surface area contributed by atoms with Crippen molar-refractivity contribution in [2.45, 2.75) is 89.2 Å². The average molecular weight is 598 g/mol. The normalized spacial score (nSPS) is 14.4. The number of amides is 2. The van der Waals surface area contributed by atoms with Crippen molar-refractivity contribution in [3.8, 4) is 0 Å². The maximum atomic E-state index is 13.9. The summed E-state index contributed by atoms with van der Waals surface area (Å²) in [6, 6.07) is 3.79. The van der Waals surface area contributed by atoms with E-state index in [1.807, 2.05) is 20.8 Å². The number of ether oxygens (including phenoxy) is 3. The van der Waals surface area contributed by atoms with Crippen molar-refractivity contribution in [2.24, 2.45) is 11.8 Å². The zero-order valence-electron chi connectivity index (χ0n) is 25.1. The molecule has 1 aromatic carbocycles. The first-order valence-electron chi connectivity index (χ1n) is 13.5. The van der Waals surface area contributed by atoms with E-state index in [9.17, 15) is 29.3 Å². The number of thioether (sulfide) groups is 1. The molecule has 0 aliphatic heterocycles. The van der Waals surface area contributed by atoms with Crippen LogP contribution in [-0.2, 0) is 33.4 Å². The van der Waals surface area contributed by atoms with Gasteiger partial charge in [0.25, 0.3) is 5.69 Å². The van der Waals surface area contributed by atoms with E-state index in [1.165, 1.54) is 31.3 Å². The molecule has 0 fully saturated rings. The van der Waals surface area contributed by atoms with Gasteiger partial charge in [0.2, 0.25) is 16.7 Å². The lowest BCUT2D eigenvalue weighted by atomic mass is 9.97. The molecule has 0 aliphatic carbocycles. The molecule has 0 saturated carbocycles. The molecular formula is C28H43N3O9S. The number of nitrogens with one attached hydrogen (secondary N) is 2. The zero-order chi connectivity index (χ0) is 31.4. The molecular weight excluding hydrogens is 554 g/mol. The second-order valence-corrected chi connectivity index (χ2v) is 12.2. The molecule has 0 unspecified atom stereocenters. The van der Waals surface area contributed by atoms with E-state index in [-0.39, 0.29) is 23.1 Å². The summed E-state index contributed by atoms with van der Waals surface area (Å²) in [4.78, 5) is 62.0. The smallest absolute Gasteiger partial charge is 0.352 e. The fourth-order valence-electron chi connectivity index (χ4n) is 3.77. The van der Waals surface area contributed by atoms with Crippen molar-refractivity contribution in [3.63, 3.8) is 0 Å². The highest BCUT2D eigenvalue weighted by Crippen LogP contribution is 2.42. The van der Waals surface area contributed by atoms with Crippen LogP contribution in [0.1, 0.15) is 67.7 Å². The van der Waals surface area contributed by atoms with Crippen LogP contribution >= 0.6 is 11.8 Å². The number of nitro groups is 1. The second kappa shape index (κ2) is 16.3. The molecule has 1 aromatic rings. The molecule has 0 heterocycles. The average Bonchev–Trinajstić information content (AvgIpc) is 2.88. The molecule has 0 aliphatic rings. The lowest BCUT2D eigenvalue weighted by molar-refractivity contribution is -0.387. The molecule has 230 valence electrons. The quantitative estimate of drug-likeness (QED) is 0.0711.